The van der Waals surface area contributed by atoms with Gasteiger partial charge < -0.3 is 11.1 Å². The van der Waals surface area contributed by atoms with Gasteiger partial charge in [-0.05, 0) is 28.8 Å². The number of hydrogen-bond donors (Lipinski definition) is 2. The summed E-state index contributed by atoms with van der Waals surface area (Å²) < 4.78 is 0. The molecule has 21 heavy (non-hydrogen) atoms. The average molecular weight is 284 g/mol. The zero-order valence-corrected chi connectivity index (χ0v) is 13.0. The van der Waals surface area contributed by atoms with Crippen LogP contribution in [0.3, 0.4) is 0 Å². The Bertz CT molecular complexity index is 634. The lowest BCUT2D eigenvalue weighted by atomic mass is 9.88. The molecule has 3 nitrogen and oxygen atoms in total. The van der Waals surface area contributed by atoms with Crippen LogP contribution in [0.15, 0.2) is 42.5 Å². The van der Waals surface area contributed by atoms with Crippen LogP contribution in [0, 0.1) is 5.41 Å². The molecule has 0 bridgehead atoms. The van der Waals surface area contributed by atoms with E-state index in [1.54, 1.807) is 0 Å². The topological polar surface area (TPSA) is 55.1 Å². The van der Waals surface area contributed by atoms with E-state index in [1.807, 2.05) is 39.0 Å². The normalized spacial score (nSPS) is 13.1. The van der Waals surface area contributed by atoms with Gasteiger partial charge in [-0.3, -0.25) is 4.79 Å². The molecule has 112 valence electrons. The predicted octanol–water partition coefficient (Wildman–Crippen LogP) is 3.39. The lowest BCUT2D eigenvalue weighted by Crippen LogP contribution is -2.41. The van der Waals surface area contributed by atoms with Gasteiger partial charge in [0.1, 0.15) is 0 Å². The maximum Gasteiger partial charge on any atom is 0.226 e. The van der Waals surface area contributed by atoms with Gasteiger partial charge in [-0.2, -0.15) is 0 Å². The van der Waals surface area contributed by atoms with Crippen molar-refractivity contribution in [3.05, 3.63) is 48.0 Å². The fourth-order valence-corrected chi connectivity index (χ4v) is 2.22. The fraction of sp³-hybridized carbons (Fsp3) is 0.389. The van der Waals surface area contributed by atoms with Gasteiger partial charge in [-0.15, -0.1) is 0 Å². The summed E-state index contributed by atoms with van der Waals surface area (Å²) >= 11 is 0. The molecule has 3 heteroatoms. The number of fused-ring (bicyclic) bond motifs is 1. The van der Waals surface area contributed by atoms with Gasteiger partial charge in [0.2, 0.25) is 5.91 Å². The predicted molar refractivity (Wildman–Crippen MR) is 88.0 cm³/mol. The van der Waals surface area contributed by atoms with Gasteiger partial charge in [0, 0.05) is 12.0 Å². The summed E-state index contributed by atoms with van der Waals surface area (Å²) in [7, 11) is 0. The summed E-state index contributed by atoms with van der Waals surface area (Å²) in [5.74, 6) is 0.0496. The number of amides is 1. The molecule has 1 unspecified atom stereocenters. The minimum absolute atomic E-state index is 0.0496. The maximum absolute atomic E-state index is 12.3. The van der Waals surface area contributed by atoms with Crippen LogP contribution in [-0.2, 0) is 4.79 Å². The number of nitrogens with two attached hydrogens (primary N) is 1. The Morgan fingerprint density at radius 3 is 2.48 bits per heavy atom. The van der Waals surface area contributed by atoms with Gasteiger partial charge in [-0.1, -0.05) is 57.2 Å². The van der Waals surface area contributed by atoms with Crippen molar-refractivity contribution in [2.75, 3.05) is 6.54 Å². The number of hydrogen-bond acceptors (Lipinski definition) is 2. The van der Waals surface area contributed by atoms with E-state index in [-0.39, 0.29) is 17.4 Å². The Hall–Kier alpha value is -1.87. The van der Waals surface area contributed by atoms with Crippen LogP contribution in [-0.4, -0.2) is 12.5 Å². The van der Waals surface area contributed by atoms with Crippen molar-refractivity contribution >= 4 is 16.7 Å². The lowest BCUT2D eigenvalue weighted by molar-refractivity contribution is -0.130. The summed E-state index contributed by atoms with van der Waals surface area (Å²) in [6.45, 7) is 6.32. The van der Waals surface area contributed by atoms with Crippen LogP contribution in [0.2, 0.25) is 0 Å². The van der Waals surface area contributed by atoms with Crippen LogP contribution in [0.1, 0.15) is 38.8 Å². The van der Waals surface area contributed by atoms with Crippen molar-refractivity contribution in [1.82, 2.24) is 5.32 Å². The van der Waals surface area contributed by atoms with Crippen LogP contribution in [0.25, 0.3) is 10.8 Å². The Morgan fingerprint density at radius 1 is 1.19 bits per heavy atom. The molecule has 3 N–H and O–H groups in total. The molecule has 0 aliphatic rings. The van der Waals surface area contributed by atoms with Crippen molar-refractivity contribution in [3.63, 3.8) is 0 Å². The summed E-state index contributed by atoms with van der Waals surface area (Å²) in [6.07, 6.45) is 0.799. The van der Waals surface area contributed by atoms with Crippen LogP contribution >= 0.6 is 0 Å². The van der Waals surface area contributed by atoms with E-state index in [0.717, 1.165) is 17.4 Å². The van der Waals surface area contributed by atoms with Crippen LogP contribution in [0.5, 0.6) is 0 Å². The number of rotatable bonds is 5. The molecular weight excluding hydrogens is 260 g/mol. The smallest absolute Gasteiger partial charge is 0.226 e. The quantitative estimate of drug-likeness (QED) is 0.884. The minimum Gasteiger partial charge on any atom is -0.348 e. The number of carbonyl (C=O) groups is 1. The van der Waals surface area contributed by atoms with Gasteiger partial charge >= 0.3 is 0 Å². The summed E-state index contributed by atoms with van der Waals surface area (Å²) in [6, 6.07) is 14.3. The summed E-state index contributed by atoms with van der Waals surface area (Å²) in [5.41, 5.74) is 6.55. The molecule has 1 atom stereocenters. The Labute approximate surface area is 126 Å². The third-order valence-electron chi connectivity index (χ3n) is 4.22. The van der Waals surface area contributed by atoms with E-state index in [4.69, 9.17) is 5.73 Å². The van der Waals surface area contributed by atoms with E-state index in [2.05, 4.69) is 29.6 Å². The number of carbonyl (C=O) groups excluding carboxylic acids is 1. The Kier molecular flexibility index (Phi) is 4.63. The molecule has 0 aliphatic heterocycles. The Balaban J connectivity index is 2.25. The van der Waals surface area contributed by atoms with Crippen molar-refractivity contribution in [3.8, 4) is 0 Å². The highest BCUT2D eigenvalue weighted by molar-refractivity contribution is 5.84. The largest absolute Gasteiger partial charge is 0.348 e. The van der Waals surface area contributed by atoms with E-state index >= 15 is 0 Å². The number of nitrogens with one attached hydrogen (secondary N) is 1. The molecule has 0 heterocycles. The van der Waals surface area contributed by atoms with Gasteiger partial charge in [0.15, 0.2) is 0 Å². The van der Waals surface area contributed by atoms with Crippen LogP contribution < -0.4 is 11.1 Å². The molecule has 2 rings (SSSR count). The Morgan fingerprint density at radius 2 is 1.86 bits per heavy atom. The van der Waals surface area contributed by atoms with Crippen LogP contribution in [0.4, 0.5) is 0 Å². The first kappa shape index (κ1) is 15.5. The molecular formula is C18H24N2O. The monoisotopic (exact) mass is 284 g/mol. The molecule has 1 amide bonds. The molecule has 0 saturated heterocycles. The van der Waals surface area contributed by atoms with Crippen molar-refractivity contribution in [1.29, 1.82) is 0 Å². The molecule has 0 fully saturated rings. The number of benzene rings is 2. The second-order valence-corrected chi connectivity index (χ2v) is 6.11. The maximum atomic E-state index is 12.3. The molecule has 0 aliphatic carbocycles. The highest BCUT2D eigenvalue weighted by Gasteiger charge is 2.27. The van der Waals surface area contributed by atoms with Gasteiger partial charge in [0.25, 0.3) is 0 Å². The zero-order valence-electron chi connectivity index (χ0n) is 13.0. The summed E-state index contributed by atoms with van der Waals surface area (Å²) in [5, 5.41) is 5.43. The first-order chi connectivity index (χ1) is 9.97. The van der Waals surface area contributed by atoms with E-state index in [0.29, 0.717) is 6.54 Å². The van der Waals surface area contributed by atoms with Gasteiger partial charge in [0.05, 0.1) is 6.04 Å². The van der Waals surface area contributed by atoms with Crippen molar-refractivity contribution in [2.45, 2.75) is 33.2 Å². The third kappa shape index (κ3) is 3.42. The second-order valence-electron chi connectivity index (χ2n) is 6.11. The SMILES string of the molecule is CCC(C)(C)C(=O)NC(CN)c1ccc2ccccc2c1. The molecule has 0 radical (unpaired) electrons. The fourth-order valence-electron chi connectivity index (χ4n) is 2.22. The van der Waals surface area contributed by atoms with Crippen molar-refractivity contribution in [2.24, 2.45) is 11.1 Å². The van der Waals surface area contributed by atoms with E-state index in [9.17, 15) is 4.79 Å². The molecule has 0 aromatic heterocycles. The third-order valence-corrected chi connectivity index (χ3v) is 4.22. The molecule has 0 spiro atoms. The molecule has 0 saturated carbocycles. The van der Waals surface area contributed by atoms with Gasteiger partial charge in [-0.25, -0.2) is 0 Å². The van der Waals surface area contributed by atoms with E-state index < -0.39 is 0 Å². The highest BCUT2D eigenvalue weighted by atomic mass is 16.2. The summed E-state index contributed by atoms with van der Waals surface area (Å²) in [4.78, 5) is 12.3. The van der Waals surface area contributed by atoms with E-state index in [1.165, 1.54) is 5.39 Å². The highest BCUT2D eigenvalue weighted by Crippen LogP contribution is 2.24. The first-order valence-electron chi connectivity index (χ1n) is 7.47. The zero-order chi connectivity index (χ0) is 15.5. The lowest BCUT2D eigenvalue weighted by Gasteiger charge is -2.26. The first-order valence-corrected chi connectivity index (χ1v) is 7.47. The second kappa shape index (κ2) is 6.27. The van der Waals surface area contributed by atoms with Crippen molar-refractivity contribution < 1.29 is 4.79 Å². The average Bonchev–Trinajstić information content (AvgIpc) is 2.51. The molecule has 2 aromatic rings. The standard InChI is InChI=1S/C18H24N2O/c1-4-18(2,3)17(21)20-16(12-19)15-10-9-13-7-5-6-8-14(13)11-15/h5-11,16H,4,12,19H2,1-3H3,(H,20,21). The molecule has 2 aromatic carbocycles. The minimum atomic E-state index is -0.371.